The molecule has 196 valence electrons. The van der Waals surface area contributed by atoms with Crippen molar-refractivity contribution in [1.29, 1.82) is 0 Å². The van der Waals surface area contributed by atoms with Crippen molar-refractivity contribution in [3.8, 4) is 11.5 Å². The summed E-state index contributed by atoms with van der Waals surface area (Å²) < 4.78 is 17.7. The lowest BCUT2D eigenvalue weighted by molar-refractivity contribution is 0.0792. The molecular formula is C26H36N4O5S. The molecule has 0 aliphatic carbocycles. The van der Waals surface area contributed by atoms with Gasteiger partial charge in [0.05, 0.1) is 15.7 Å². The molecule has 4 rings (SSSR count). The molecule has 1 aromatic carbocycles. The molecule has 2 saturated heterocycles. The van der Waals surface area contributed by atoms with E-state index < -0.39 is 16.9 Å². The van der Waals surface area contributed by atoms with Gasteiger partial charge in [0.25, 0.3) is 5.91 Å². The molecule has 2 aromatic rings. The van der Waals surface area contributed by atoms with Gasteiger partial charge in [0.15, 0.2) is 0 Å². The fraction of sp³-hybridized carbons (Fsp3) is 0.538. The quantitative estimate of drug-likeness (QED) is 0.440. The first-order valence-electron chi connectivity index (χ1n) is 12.7. The van der Waals surface area contributed by atoms with Gasteiger partial charge in [-0.15, -0.1) is 0 Å². The van der Waals surface area contributed by atoms with Crippen LogP contribution in [0.5, 0.6) is 11.5 Å². The van der Waals surface area contributed by atoms with Gasteiger partial charge in [-0.2, -0.15) is 0 Å². The van der Waals surface area contributed by atoms with Gasteiger partial charge in [-0.3, -0.25) is 9.00 Å². The molecule has 10 heteroatoms. The predicted octanol–water partition coefficient (Wildman–Crippen LogP) is 2.15. The summed E-state index contributed by atoms with van der Waals surface area (Å²) in [5.74, 6) is 1.78. The molecule has 0 radical (unpaired) electrons. The second kappa shape index (κ2) is 12.5. The highest BCUT2D eigenvalue weighted by atomic mass is 32.2. The Morgan fingerprint density at radius 2 is 1.94 bits per heavy atom. The van der Waals surface area contributed by atoms with Crippen LogP contribution in [0.3, 0.4) is 0 Å². The number of hydrogen-bond donors (Lipinski definition) is 3. The number of piperidine rings is 1. The largest absolute Gasteiger partial charge is 0.507 e. The van der Waals surface area contributed by atoms with Gasteiger partial charge in [0.2, 0.25) is 0 Å². The lowest BCUT2D eigenvalue weighted by atomic mass is 10.0. The molecule has 2 aliphatic heterocycles. The van der Waals surface area contributed by atoms with Gasteiger partial charge in [0.1, 0.15) is 30.0 Å². The van der Waals surface area contributed by atoms with E-state index in [2.05, 4.69) is 15.2 Å². The van der Waals surface area contributed by atoms with Crippen molar-refractivity contribution < 1.29 is 24.0 Å². The zero-order chi connectivity index (χ0) is 25.5. The molecule has 9 nitrogen and oxygen atoms in total. The van der Waals surface area contributed by atoms with E-state index in [-0.39, 0.29) is 24.3 Å². The number of phenols is 1. The van der Waals surface area contributed by atoms with Crippen molar-refractivity contribution >= 4 is 22.5 Å². The Balaban J connectivity index is 1.20. The summed E-state index contributed by atoms with van der Waals surface area (Å²) in [6.07, 6.45) is 4.98. The number of hydrogen-bond acceptors (Lipinski definition) is 8. The number of rotatable bonds is 10. The average Bonchev–Trinajstić information content (AvgIpc) is 3.46. The van der Waals surface area contributed by atoms with Gasteiger partial charge in [-0.1, -0.05) is 6.92 Å². The maximum atomic E-state index is 12.7. The summed E-state index contributed by atoms with van der Waals surface area (Å²) in [4.78, 5) is 21.7. The lowest BCUT2D eigenvalue weighted by Gasteiger charge is -2.33. The SMILES string of the molecule is CCS(=O)c1cc(OCC(O)CNC2CCN(c3cc(C(=O)N4CCCC4)ccn3)CC2)ccc1O. The van der Waals surface area contributed by atoms with Gasteiger partial charge < -0.3 is 30.1 Å². The number of carbonyl (C=O) groups excluding carboxylic acids is 1. The third kappa shape index (κ3) is 6.74. The molecule has 2 atom stereocenters. The number of aromatic nitrogens is 1. The number of aliphatic hydroxyl groups is 1. The van der Waals surface area contributed by atoms with Crippen LogP contribution in [0.25, 0.3) is 0 Å². The summed E-state index contributed by atoms with van der Waals surface area (Å²) in [5, 5.41) is 23.7. The molecule has 1 amide bonds. The van der Waals surface area contributed by atoms with E-state index in [4.69, 9.17) is 4.74 Å². The van der Waals surface area contributed by atoms with Gasteiger partial charge in [0, 0.05) is 62.3 Å². The van der Waals surface area contributed by atoms with Crippen LogP contribution in [0.4, 0.5) is 5.82 Å². The van der Waals surface area contributed by atoms with Crippen LogP contribution in [-0.4, -0.2) is 87.4 Å². The molecule has 0 saturated carbocycles. The summed E-state index contributed by atoms with van der Waals surface area (Å²) in [5.41, 5.74) is 0.701. The first-order valence-corrected chi connectivity index (χ1v) is 14.0. The van der Waals surface area contributed by atoms with Crippen molar-refractivity contribution in [2.24, 2.45) is 0 Å². The van der Waals surface area contributed by atoms with E-state index in [0.29, 0.717) is 28.5 Å². The van der Waals surface area contributed by atoms with Crippen LogP contribution < -0.4 is 15.0 Å². The van der Waals surface area contributed by atoms with Crippen molar-refractivity contribution in [1.82, 2.24) is 15.2 Å². The molecule has 36 heavy (non-hydrogen) atoms. The lowest BCUT2D eigenvalue weighted by Crippen LogP contribution is -2.45. The molecule has 2 aliphatic rings. The molecule has 2 unspecified atom stereocenters. The number of phenolic OH excluding ortho intramolecular Hbond substituents is 1. The molecule has 0 bridgehead atoms. The highest BCUT2D eigenvalue weighted by Crippen LogP contribution is 2.26. The Kier molecular flexibility index (Phi) is 9.17. The van der Waals surface area contributed by atoms with Crippen LogP contribution in [-0.2, 0) is 10.8 Å². The van der Waals surface area contributed by atoms with E-state index >= 15 is 0 Å². The van der Waals surface area contributed by atoms with Gasteiger partial charge in [-0.25, -0.2) is 4.98 Å². The molecule has 3 N–H and O–H groups in total. The van der Waals surface area contributed by atoms with Crippen LogP contribution in [0.15, 0.2) is 41.4 Å². The van der Waals surface area contributed by atoms with Crippen LogP contribution in [0.1, 0.15) is 43.0 Å². The predicted molar refractivity (Wildman–Crippen MR) is 139 cm³/mol. The Hall–Kier alpha value is -2.69. The summed E-state index contributed by atoms with van der Waals surface area (Å²) >= 11 is 0. The third-order valence-electron chi connectivity index (χ3n) is 6.73. The second-order valence-electron chi connectivity index (χ2n) is 9.30. The Morgan fingerprint density at radius 1 is 1.19 bits per heavy atom. The maximum Gasteiger partial charge on any atom is 0.254 e. The normalized spacial score (nSPS) is 18.3. The monoisotopic (exact) mass is 516 g/mol. The van der Waals surface area contributed by atoms with Crippen molar-refractivity contribution in [3.63, 3.8) is 0 Å². The van der Waals surface area contributed by atoms with E-state index in [1.807, 2.05) is 11.0 Å². The smallest absolute Gasteiger partial charge is 0.254 e. The first-order chi connectivity index (χ1) is 17.4. The Bertz CT molecular complexity index is 1050. The van der Waals surface area contributed by atoms with E-state index in [1.165, 1.54) is 6.07 Å². The maximum absolute atomic E-state index is 12.7. The number of anilines is 1. The molecule has 2 fully saturated rings. The molecular weight excluding hydrogens is 480 g/mol. The zero-order valence-electron chi connectivity index (χ0n) is 20.8. The Morgan fingerprint density at radius 3 is 2.67 bits per heavy atom. The summed E-state index contributed by atoms with van der Waals surface area (Å²) in [7, 11) is -1.29. The van der Waals surface area contributed by atoms with Crippen molar-refractivity contribution in [2.75, 3.05) is 50.0 Å². The van der Waals surface area contributed by atoms with Crippen molar-refractivity contribution in [2.45, 2.75) is 49.6 Å². The number of carbonyl (C=O) groups is 1. The highest BCUT2D eigenvalue weighted by molar-refractivity contribution is 7.85. The minimum Gasteiger partial charge on any atom is -0.507 e. The zero-order valence-corrected chi connectivity index (χ0v) is 21.6. The minimum atomic E-state index is -1.29. The average molecular weight is 517 g/mol. The first kappa shape index (κ1) is 26.4. The number of likely N-dealkylation sites (tertiary alicyclic amines) is 1. The summed E-state index contributed by atoms with van der Waals surface area (Å²) in [6, 6.07) is 8.60. The Labute approximate surface area is 214 Å². The number of nitrogens with one attached hydrogen (secondary N) is 1. The number of benzene rings is 1. The summed E-state index contributed by atoms with van der Waals surface area (Å²) in [6.45, 7) is 5.59. The third-order valence-corrected chi connectivity index (χ3v) is 8.07. The molecule has 1 aromatic heterocycles. The van der Waals surface area contributed by atoms with Crippen molar-refractivity contribution in [3.05, 3.63) is 42.1 Å². The van der Waals surface area contributed by atoms with E-state index in [1.54, 1.807) is 31.3 Å². The fourth-order valence-electron chi connectivity index (χ4n) is 4.62. The van der Waals surface area contributed by atoms with E-state index in [9.17, 15) is 19.2 Å². The van der Waals surface area contributed by atoms with Crippen LogP contribution >= 0.6 is 0 Å². The topological polar surface area (TPSA) is 115 Å². The highest BCUT2D eigenvalue weighted by Gasteiger charge is 2.23. The van der Waals surface area contributed by atoms with Crippen LogP contribution in [0.2, 0.25) is 0 Å². The standard InChI is InChI=1S/C26H36N4O5S/c1-2-36(34)24-16-22(5-6-23(24)32)35-18-21(31)17-28-20-8-13-29(14-9-20)25-15-19(7-10-27-25)26(33)30-11-3-4-12-30/h5-7,10,15-16,20-21,28,31-32H,2-4,8-9,11-14,17-18H2,1H3. The number of aliphatic hydroxyl groups excluding tert-OH is 1. The van der Waals surface area contributed by atoms with E-state index in [0.717, 1.165) is 57.7 Å². The second-order valence-corrected chi connectivity index (χ2v) is 11.0. The minimum absolute atomic E-state index is 0.0174. The van der Waals surface area contributed by atoms with Gasteiger partial charge in [-0.05, 0) is 49.9 Å². The number of amides is 1. The number of ether oxygens (including phenoxy) is 1. The number of aromatic hydroxyl groups is 1. The molecule has 0 spiro atoms. The number of nitrogens with zero attached hydrogens (tertiary/aromatic N) is 3. The van der Waals surface area contributed by atoms with Crippen LogP contribution in [0, 0.1) is 0 Å². The fourth-order valence-corrected chi connectivity index (χ4v) is 5.48. The van der Waals surface area contributed by atoms with Gasteiger partial charge >= 0.3 is 0 Å². The molecule has 3 heterocycles. The number of pyridine rings is 1.